The SMILES string of the molecule is O=C(Cc1ccc2[nH]ccc2c1)Nc1ccc2ncsc2c1. The molecule has 0 atom stereocenters. The van der Waals surface area contributed by atoms with Crippen molar-refractivity contribution in [3.63, 3.8) is 0 Å². The number of rotatable bonds is 3. The Kier molecular flexibility index (Phi) is 3.12. The first-order valence-electron chi connectivity index (χ1n) is 6.97. The molecule has 0 bridgehead atoms. The van der Waals surface area contributed by atoms with E-state index in [-0.39, 0.29) is 5.91 Å². The predicted octanol–water partition coefficient (Wildman–Crippen LogP) is 3.96. The van der Waals surface area contributed by atoms with Gasteiger partial charge in [-0.05, 0) is 47.3 Å². The van der Waals surface area contributed by atoms with Gasteiger partial charge in [-0.15, -0.1) is 11.3 Å². The fourth-order valence-corrected chi connectivity index (χ4v) is 3.25. The number of amides is 1. The molecule has 22 heavy (non-hydrogen) atoms. The molecule has 2 heterocycles. The summed E-state index contributed by atoms with van der Waals surface area (Å²) >= 11 is 1.57. The molecular formula is C17H13N3OS. The van der Waals surface area contributed by atoms with Crippen molar-refractivity contribution in [2.45, 2.75) is 6.42 Å². The smallest absolute Gasteiger partial charge is 0.228 e. The maximum absolute atomic E-state index is 12.2. The zero-order valence-electron chi connectivity index (χ0n) is 11.7. The molecule has 0 saturated carbocycles. The highest BCUT2D eigenvalue weighted by Crippen LogP contribution is 2.22. The minimum absolute atomic E-state index is 0.0150. The van der Waals surface area contributed by atoms with E-state index in [0.29, 0.717) is 6.42 Å². The second-order valence-electron chi connectivity index (χ2n) is 5.16. The average molecular weight is 307 g/mol. The van der Waals surface area contributed by atoms with Gasteiger partial charge < -0.3 is 10.3 Å². The van der Waals surface area contributed by atoms with Crippen LogP contribution in [0.4, 0.5) is 5.69 Å². The number of fused-ring (bicyclic) bond motifs is 2. The van der Waals surface area contributed by atoms with Crippen molar-refractivity contribution in [1.82, 2.24) is 9.97 Å². The van der Waals surface area contributed by atoms with E-state index in [4.69, 9.17) is 0 Å². The number of hydrogen-bond donors (Lipinski definition) is 2. The first-order chi connectivity index (χ1) is 10.8. The largest absolute Gasteiger partial charge is 0.361 e. The van der Waals surface area contributed by atoms with Crippen LogP contribution < -0.4 is 5.32 Å². The fourth-order valence-electron chi connectivity index (χ4n) is 2.54. The molecule has 2 aromatic heterocycles. The number of hydrogen-bond acceptors (Lipinski definition) is 3. The van der Waals surface area contributed by atoms with Crippen molar-refractivity contribution < 1.29 is 4.79 Å². The molecule has 0 saturated heterocycles. The van der Waals surface area contributed by atoms with Gasteiger partial charge >= 0.3 is 0 Å². The molecule has 4 nitrogen and oxygen atoms in total. The topological polar surface area (TPSA) is 57.8 Å². The Morgan fingerprint density at radius 2 is 2.14 bits per heavy atom. The zero-order chi connectivity index (χ0) is 14.9. The molecule has 5 heteroatoms. The second-order valence-corrected chi connectivity index (χ2v) is 6.05. The van der Waals surface area contributed by atoms with Crippen molar-refractivity contribution in [2.24, 2.45) is 0 Å². The van der Waals surface area contributed by atoms with Gasteiger partial charge in [0.25, 0.3) is 0 Å². The van der Waals surface area contributed by atoms with E-state index in [2.05, 4.69) is 15.3 Å². The second kappa shape index (κ2) is 5.27. The highest BCUT2D eigenvalue weighted by molar-refractivity contribution is 7.16. The molecule has 108 valence electrons. The molecule has 0 spiro atoms. The minimum Gasteiger partial charge on any atom is -0.361 e. The maximum Gasteiger partial charge on any atom is 0.228 e. The minimum atomic E-state index is -0.0150. The van der Waals surface area contributed by atoms with E-state index in [1.807, 2.05) is 54.2 Å². The molecule has 0 unspecified atom stereocenters. The quantitative estimate of drug-likeness (QED) is 0.602. The monoisotopic (exact) mass is 307 g/mol. The van der Waals surface area contributed by atoms with Gasteiger partial charge in [-0.1, -0.05) is 6.07 Å². The molecule has 4 aromatic rings. The first-order valence-corrected chi connectivity index (χ1v) is 7.85. The van der Waals surface area contributed by atoms with Gasteiger partial charge in [-0.3, -0.25) is 4.79 Å². The molecule has 2 aromatic carbocycles. The highest BCUT2D eigenvalue weighted by atomic mass is 32.1. The number of nitrogens with zero attached hydrogens (tertiary/aromatic N) is 1. The van der Waals surface area contributed by atoms with Crippen LogP contribution in [0.5, 0.6) is 0 Å². The summed E-state index contributed by atoms with van der Waals surface area (Å²) in [6, 6.07) is 13.8. The zero-order valence-corrected chi connectivity index (χ0v) is 12.5. The summed E-state index contributed by atoms with van der Waals surface area (Å²) in [6.07, 6.45) is 2.26. The van der Waals surface area contributed by atoms with Gasteiger partial charge in [0, 0.05) is 17.4 Å². The number of benzene rings is 2. The molecular weight excluding hydrogens is 294 g/mol. The van der Waals surface area contributed by atoms with Crippen molar-refractivity contribution in [3.8, 4) is 0 Å². The van der Waals surface area contributed by atoms with Crippen molar-refractivity contribution in [1.29, 1.82) is 0 Å². The molecule has 0 aliphatic rings. The van der Waals surface area contributed by atoms with E-state index >= 15 is 0 Å². The summed E-state index contributed by atoms with van der Waals surface area (Å²) < 4.78 is 1.08. The van der Waals surface area contributed by atoms with Crippen LogP contribution in [0, 0.1) is 0 Å². The Bertz CT molecular complexity index is 892. The summed E-state index contributed by atoms with van der Waals surface area (Å²) in [7, 11) is 0. The summed E-state index contributed by atoms with van der Waals surface area (Å²) in [6.45, 7) is 0. The Balaban J connectivity index is 1.51. The number of anilines is 1. The third-order valence-electron chi connectivity index (χ3n) is 3.60. The fraction of sp³-hybridized carbons (Fsp3) is 0.0588. The van der Waals surface area contributed by atoms with E-state index in [0.717, 1.165) is 32.4 Å². The van der Waals surface area contributed by atoms with E-state index in [9.17, 15) is 4.79 Å². The molecule has 1 amide bonds. The number of aromatic nitrogens is 2. The third-order valence-corrected chi connectivity index (χ3v) is 4.39. The maximum atomic E-state index is 12.2. The molecule has 0 aliphatic heterocycles. The molecule has 4 rings (SSSR count). The van der Waals surface area contributed by atoms with Crippen LogP contribution >= 0.6 is 11.3 Å². The lowest BCUT2D eigenvalue weighted by Crippen LogP contribution is -2.14. The van der Waals surface area contributed by atoms with Gasteiger partial charge in [0.2, 0.25) is 5.91 Å². The van der Waals surface area contributed by atoms with Gasteiger partial charge in [-0.2, -0.15) is 0 Å². The number of aromatic amines is 1. The third kappa shape index (κ3) is 2.46. The van der Waals surface area contributed by atoms with Gasteiger partial charge in [0.15, 0.2) is 0 Å². The van der Waals surface area contributed by atoms with E-state index < -0.39 is 0 Å². The van der Waals surface area contributed by atoms with E-state index in [1.165, 1.54) is 0 Å². The van der Waals surface area contributed by atoms with Crippen molar-refractivity contribution >= 4 is 44.1 Å². The molecule has 0 fully saturated rings. The van der Waals surface area contributed by atoms with E-state index in [1.54, 1.807) is 11.3 Å². The Hall–Kier alpha value is -2.66. The number of carbonyl (C=O) groups excluding carboxylic acids is 1. The number of thiazole rings is 1. The lowest BCUT2D eigenvalue weighted by atomic mass is 10.1. The molecule has 0 aliphatic carbocycles. The molecule has 2 N–H and O–H groups in total. The normalized spacial score (nSPS) is 11.1. The summed E-state index contributed by atoms with van der Waals surface area (Å²) in [5.74, 6) is -0.0150. The summed E-state index contributed by atoms with van der Waals surface area (Å²) in [4.78, 5) is 19.6. The lowest BCUT2D eigenvalue weighted by molar-refractivity contribution is -0.115. The Morgan fingerprint density at radius 3 is 3.09 bits per heavy atom. The van der Waals surface area contributed by atoms with Crippen molar-refractivity contribution in [3.05, 3.63) is 59.7 Å². The standard InChI is InChI=1S/C17H13N3OS/c21-17(8-11-1-3-14-12(7-11)5-6-18-14)20-13-2-4-15-16(9-13)22-10-19-15/h1-7,9-10,18H,8H2,(H,20,21). The Labute approximate surface area is 130 Å². The van der Waals surface area contributed by atoms with Gasteiger partial charge in [0.1, 0.15) is 0 Å². The average Bonchev–Trinajstić information content (AvgIpc) is 3.14. The van der Waals surface area contributed by atoms with Crippen LogP contribution in [0.2, 0.25) is 0 Å². The van der Waals surface area contributed by atoms with Crippen LogP contribution in [-0.2, 0) is 11.2 Å². The predicted molar refractivity (Wildman–Crippen MR) is 90.3 cm³/mol. The number of H-pyrrole nitrogens is 1. The van der Waals surface area contributed by atoms with Crippen LogP contribution in [-0.4, -0.2) is 15.9 Å². The highest BCUT2D eigenvalue weighted by Gasteiger charge is 2.06. The first kappa shape index (κ1) is 13.0. The summed E-state index contributed by atoms with van der Waals surface area (Å²) in [5.41, 5.74) is 5.66. The van der Waals surface area contributed by atoms with Crippen molar-refractivity contribution in [2.75, 3.05) is 5.32 Å². The van der Waals surface area contributed by atoms with Gasteiger partial charge in [-0.25, -0.2) is 4.98 Å². The lowest BCUT2D eigenvalue weighted by Gasteiger charge is -2.05. The number of nitrogens with one attached hydrogen (secondary N) is 2. The Morgan fingerprint density at radius 1 is 1.18 bits per heavy atom. The number of carbonyl (C=O) groups is 1. The van der Waals surface area contributed by atoms with Crippen LogP contribution in [0.15, 0.2) is 54.2 Å². The van der Waals surface area contributed by atoms with Crippen LogP contribution in [0.1, 0.15) is 5.56 Å². The molecule has 0 radical (unpaired) electrons. The summed E-state index contributed by atoms with van der Waals surface area (Å²) in [5, 5.41) is 4.07. The van der Waals surface area contributed by atoms with Crippen LogP contribution in [0.3, 0.4) is 0 Å². The van der Waals surface area contributed by atoms with Crippen LogP contribution in [0.25, 0.3) is 21.1 Å². The van der Waals surface area contributed by atoms with Gasteiger partial charge in [0.05, 0.1) is 22.1 Å².